The predicted molar refractivity (Wildman–Crippen MR) is 111 cm³/mol. The van der Waals surface area contributed by atoms with Gasteiger partial charge < -0.3 is 9.64 Å². The molecule has 0 amide bonds. The Labute approximate surface area is 158 Å². The molecule has 1 fully saturated rings. The van der Waals surface area contributed by atoms with Gasteiger partial charge in [-0.15, -0.1) is 0 Å². The summed E-state index contributed by atoms with van der Waals surface area (Å²) < 4.78 is 6.03. The molecule has 2 aromatic carbocycles. The smallest absolute Gasteiger partial charge is 0.119 e. The molecule has 2 aromatic rings. The van der Waals surface area contributed by atoms with Gasteiger partial charge in [-0.2, -0.15) is 0 Å². The second-order valence-electron chi connectivity index (χ2n) is 7.29. The van der Waals surface area contributed by atoms with E-state index in [2.05, 4.69) is 72.5 Å². The van der Waals surface area contributed by atoms with Gasteiger partial charge in [0.1, 0.15) is 5.75 Å². The first-order valence-electron chi connectivity index (χ1n) is 10.0. The van der Waals surface area contributed by atoms with E-state index < -0.39 is 0 Å². The molecule has 1 aliphatic rings. The highest BCUT2D eigenvalue weighted by molar-refractivity contribution is 5.69. The van der Waals surface area contributed by atoms with Crippen molar-refractivity contribution in [3.05, 3.63) is 65.7 Å². The first-order chi connectivity index (χ1) is 12.8. The van der Waals surface area contributed by atoms with Gasteiger partial charge in [0.25, 0.3) is 0 Å². The van der Waals surface area contributed by atoms with Crippen molar-refractivity contribution in [2.75, 3.05) is 26.2 Å². The molecule has 0 N–H and O–H groups in total. The second-order valence-corrected chi connectivity index (χ2v) is 7.29. The summed E-state index contributed by atoms with van der Waals surface area (Å²) in [6.07, 6.45) is 9.54. The van der Waals surface area contributed by atoms with E-state index in [0.29, 0.717) is 5.92 Å². The number of hydrogen-bond acceptors (Lipinski definition) is 2. The largest absolute Gasteiger partial charge is 0.493 e. The van der Waals surface area contributed by atoms with Gasteiger partial charge in [0, 0.05) is 12.5 Å². The van der Waals surface area contributed by atoms with E-state index >= 15 is 0 Å². The van der Waals surface area contributed by atoms with E-state index in [1.807, 2.05) is 6.07 Å². The zero-order chi connectivity index (χ0) is 18.0. The van der Waals surface area contributed by atoms with E-state index in [1.165, 1.54) is 56.4 Å². The lowest BCUT2D eigenvalue weighted by molar-refractivity contribution is 0.239. The van der Waals surface area contributed by atoms with Gasteiger partial charge in [0.15, 0.2) is 0 Å². The molecular formula is C24H31NO. The van der Waals surface area contributed by atoms with Gasteiger partial charge >= 0.3 is 0 Å². The molecule has 1 aliphatic heterocycles. The minimum Gasteiger partial charge on any atom is -0.493 e. The number of likely N-dealkylation sites (tertiary alicyclic amines) is 1. The van der Waals surface area contributed by atoms with Crippen molar-refractivity contribution >= 4 is 12.2 Å². The molecule has 138 valence electrons. The normalized spacial score (nSPS) is 17.8. The number of hydrogen-bond donors (Lipinski definition) is 0. The van der Waals surface area contributed by atoms with Crippen molar-refractivity contribution in [2.45, 2.75) is 32.6 Å². The molecule has 0 bridgehead atoms. The van der Waals surface area contributed by atoms with Crippen molar-refractivity contribution in [2.24, 2.45) is 5.92 Å². The topological polar surface area (TPSA) is 12.5 Å². The fourth-order valence-corrected chi connectivity index (χ4v) is 3.48. The highest BCUT2D eigenvalue weighted by atomic mass is 16.5. The van der Waals surface area contributed by atoms with Crippen molar-refractivity contribution < 1.29 is 4.74 Å². The molecule has 1 saturated heterocycles. The van der Waals surface area contributed by atoms with Crippen LogP contribution in [-0.2, 0) is 0 Å². The second kappa shape index (κ2) is 10.2. The van der Waals surface area contributed by atoms with Crippen LogP contribution in [0.5, 0.6) is 5.75 Å². The van der Waals surface area contributed by atoms with Crippen molar-refractivity contribution in [3.8, 4) is 5.75 Å². The van der Waals surface area contributed by atoms with Crippen molar-refractivity contribution in [1.29, 1.82) is 0 Å². The lowest BCUT2D eigenvalue weighted by Gasteiger charge is -2.16. The molecule has 1 heterocycles. The molecule has 3 rings (SSSR count). The van der Waals surface area contributed by atoms with Crippen LogP contribution in [0.25, 0.3) is 12.2 Å². The number of rotatable bonds is 9. The summed E-state index contributed by atoms with van der Waals surface area (Å²) in [6, 6.07) is 18.8. The minimum absolute atomic E-state index is 0.675. The molecule has 0 radical (unpaired) electrons. The minimum atomic E-state index is 0.675. The molecule has 26 heavy (non-hydrogen) atoms. The highest BCUT2D eigenvalue weighted by Gasteiger charge is 2.22. The first-order valence-corrected chi connectivity index (χ1v) is 10.0. The van der Waals surface area contributed by atoms with Crippen molar-refractivity contribution in [3.63, 3.8) is 0 Å². The summed E-state index contributed by atoms with van der Waals surface area (Å²) in [5, 5.41) is 0. The van der Waals surface area contributed by atoms with Crippen molar-refractivity contribution in [1.82, 2.24) is 4.90 Å². The third-order valence-electron chi connectivity index (χ3n) is 5.08. The quantitative estimate of drug-likeness (QED) is 0.422. The zero-order valence-electron chi connectivity index (χ0n) is 15.9. The van der Waals surface area contributed by atoms with Gasteiger partial charge in [-0.1, -0.05) is 74.4 Å². The van der Waals surface area contributed by atoms with Gasteiger partial charge in [-0.05, 0) is 49.2 Å². The maximum atomic E-state index is 6.03. The summed E-state index contributed by atoms with van der Waals surface area (Å²) in [4.78, 5) is 2.60. The van der Waals surface area contributed by atoms with E-state index in [4.69, 9.17) is 4.74 Å². The lowest BCUT2D eigenvalue weighted by atomic mass is 10.1. The molecule has 0 aliphatic carbocycles. The van der Waals surface area contributed by atoms with Crippen LogP contribution in [0.15, 0.2) is 54.6 Å². The van der Waals surface area contributed by atoms with Gasteiger partial charge in [-0.25, -0.2) is 0 Å². The molecular weight excluding hydrogens is 318 g/mol. The van der Waals surface area contributed by atoms with Crippen LogP contribution in [0.4, 0.5) is 0 Å². The predicted octanol–water partition coefficient (Wildman–Crippen LogP) is 5.75. The van der Waals surface area contributed by atoms with Gasteiger partial charge in [0.2, 0.25) is 0 Å². The molecule has 2 nitrogen and oxygen atoms in total. The molecule has 1 unspecified atom stereocenters. The van der Waals surface area contributed by atoms with Crippen LogP contribution in [0, 0.1) is 5.92 Å². The molecule has 2 heteroatoms. The SMILES string of the molecule is CCCCCN1CCC(COc2ccc(/C=C/c3ccccc3)cc2)C1. The van der Waals surface area contributed by atoms with Gasteiger partial charge in [0.05, 0.1) is 6.61 Å². The van der Waals surface area contributed by atoms with E-state index in [9.17, 15) is 0 Å². The summed E-state index contributed by atoms with van der Waals surface area (Å²) >= 11 is 0. The Kier molecular flexibility index (Phi) is 7.33. The Bertz CT molecular complexity index is 662. The Balaban J connectivity index is 1.41. The molecule has 1 atom stereocenters. The third kappa shape index (κ3) is 6.03. The molecule has 0 aromatic heterocycles. The standard InChI is InChI=1S/C24H31NO/c1-2-3-7-17-25-18-16-23(19-25)20-26-24-14-12-22(13-15-24)11-10-21-8-5-4-6-9-21/h4-6,8-15,23H,2-3,7,16-20H2,1H3/b11-10+. The Hall–Kier alpha value is -2.06. The number of nitrogens with zero attached hydrogens (tertiary/aromatic N) is 1. The Morgan fingerprint density at radius 2 is 1.69 bits per heavy atom. The Morgan fingerprint density at radius 1 is 0.962 bits per heavy atom. The van der Waals surface area contributed by atoms with Crippen LogP contribution in [0.2, 0.25) is 0 Å². The summed E-state index contributed by atoms with van der Waals surface area (Å²) in [7, 11) is 0. The van der Waals surface area contributed by atoms with Crippen LogP contribution >= 0.6 is 0 Å². The summed E-state index contributed by atoms with van der Waals surface area (Å²) in [5.41, 5.74) is 2.42. The van der Waals surface area contributed by atoms with Crippen LogP contribution < -0.4 is 4.74 Å². The van der Waals surface area contributed by atoms with E-state index in [-0.39, 0.29) is 0 Å². The maximum Gasteiger partial charge on any atom is 0.119 e. The third-order valence-corrected chi connectivity index (χ3v) is 5.08. The monoisotopic (exact) mass is 349 g/mol. The summed E-state index contributed by atoms with van der Waals surface area (Å²) in [5.74, 6) is 1.65. The fraction of sp³-hybridized carbons (Fsp3) is 0.417. The van der Waals surface area contributed by atoms with E-state index in [0.717, 1.165) is 12.4 Å². The highest BCUT2D eigenvalue weighted by Crippen LogP contribution is 2.20. The number of ether oxygens (including phenoxy) is 1. The Morgan fingerprint density at radius 3 is 2.42 bits per heavy atom. The molecule has 0 saturated carbocycles. The lowest BCUT2D eigenvalue weighted by Crippen LogP contribution is -2.23. The van der Waals surface area contributed by atoms with Crippen LogP contribution in [-0.4, -0.2) is 31.1 Å². The zero-order valence-corrected chi connectivity index (χ0v) is 15.9. The maximum absolute atomic E-state index is 6.03. The number of unbranched alkanes of at least 4 members (excludes halogenated alkanes) is 2. The average Bonchev–Trinajstić information content (AvgIpc) is 3.14. The number of benzene rings is 2. The van der Waals surface area contributed by atoms with Crippen LogP contribution in [0.3, 0.4) is 0 Å². The first kappa shape index (κ1) is 18.7. The van der Waals surface area contributed by atoms with Crippen LogP contribution in [0.1, 0.15) is 43.7 Å². The van der Waals surface area contributed by atoms with Gasteiger partial charge in [-0.3, -0.25) is 0 Å². The van der Waals surface area contributed by atoms with E-state index in [1.54, 1.807) is 0 Å². The average molecular weight is 350 g/mol. The summed E-state index contributed by atoms with van der Waals surface area (Å²) in [6.45, 7) is 6.79. The molecule has 0 spiro atoms. The fourth-order valence-electron chi connectivity index (χ4n) is 3.48.